The van der Waals surface area contributed by atoms with Crippen molar-refractivity contribution in [1.82, 2.24) is 4.98 Å². The average Bonchev–Trinajstić information content (AvgIpc) is 1.96. The summed E-state index contributed by atoms with van der Waals surface area (Å²) in [6.45, 7) is 1.24. The third-order valence-electron chi connectivity index (χ3n) is 1.42. The Bertz CT molecular complexity index is 301. The van der Waals surface area contributed by atoms with Crippen molar-refractivity contribution < 1.29 is 13.2 Å². The Labute approximate surface area is 72.2 Å². The van der Waals surface area contributed by atoms with E-state index in [1.807, 2.05) is 0 Å². The van der Waals surface area contributed by atoms with Gasteiger partial charge in [0.15, 0.2) is 0 Å². The lowest BCUT2D eigenvalue weighted by molar-refractivity contribution is 0.144. The predicted molar refractivity (Wildman–Crippen MR) is 38.9 cm³/mol. The van der Waals surface area contributed by atoms with Crippen LogP contribution in [-0.4, -0.2) is 4.98 Å². The summed E-state index contributed by atoms with van der Waals surface area (Å²) in [6, 6.07) is 0.906. The van der Waals surface area contributed by atoms with Gasteiger partial charge in [-0.1, -0.05) is 11.6 Å². The lowest BCUT2D eigenvalue weighted by atomic mass is 10.2. The number of aromatic nitrogens is 1. The third-order valence-corrected chi connectivity index (χ3v) is 1.62. The average molecular weight is 196 g/mol. The maximum absolute atomic E-state index is 12.7. The number of pyridine rings is 1. The van der Waals surface area contributed by atoms with Crippen LogP contribution in [0.1, 0.15) is 17.7 Å². The van der Waals surface area contributed by atoms with E-state index in [2.05, 4.69) is 4.98 Å². The Kier molecular flexibility index (Phi) is 2.57. The van der Waals surface area contributed by atoms with Crippen LogP contribution >= 0.6 is 11.6 Å². The molecular weight excluding hydrogens is 191 g/mol. The first-order chi connectivity index (χ1) is 5.52. The number of alkyl halides is 2. The number of nitrogens with zero attached hydrogens (tertiary/aromatic N) is 1. The topological polar surface area (TPSA) is 12.9 Å². The molecule has 1 rings (SSSR count). The quantitative estimate of drug-likeness (QED) is 0.628. The molecule has 1 aromatic heterocycles. The molecule has 12 heavy (non-hydrogen) atoms. The van der Waals surface area contributed by atoms with Crippen molar-refractivity contribution in [2.75, 3.05) is 0 Å². The molecule has 66 valence electrons. The SMILES string of the molecule is Cc1c(F)cc(Cl)nc1C(F)F. The Morgan fingerprint density at radius 1 is 1.50 bits per heavy atom. The van der Waals surface area contributed by atoms with Crippen LogP contribution in [-0.2, 0) is 0 Å². The maximum Gasteiger partial charge on any atom is 0.280 e. The van der Waals surface area contributed by atoms with Gasteiger partial charge in [0.1, 0.15) is 16.7 Å². The highest BCUT2D eigenvalue weighted by Crippen LogP contribution is 2.24. The van der Waals surface area contributed by atoms with Gasteiger partial charge in [-0.25, -0.2) is 18.2 Å². The maximum atomic E-state index is 12.7. The highest BCUT2D eigenvalue weighted by atomic mass is 35.5. The molecule has 0 spiro atoms. The van der Waals surface area contributed by atoms with Gasteiger partial charge in [-0.05, 0) is 6.92 Å². The minimum absolute atomic E-state index is 0.158. The molecule has 1 heterocycles. The van der Waals surface area contributed by atoms with E-state index < -0.39 is 17.9 Å². The molecule has 0 unspecified atom stereocenters. The highest BCUT2D eigenvalue weighted by molar-refractivity contribution is 6.29. The normalized spacial score (nSPS) is 10.8. The molecule has 0 radical (unpaired) electrons. The van der Waals surface area contributed by atoms with E-state index >= 15 is 0 Å². The van der Waals surface area contributed by atoms with Crippen LogP contribution in [0.2, 0.25) is 5.15 Å². The Morgan fingerprint density at radius 2 is 2.08 bits per heavy atom. The van der Waals surface area contributed by atoms with Gasteiger partial charge < -0.3 is 0 Å². The molecule has 0 aliphatic rings. The molecule has 1 aromatic rings. The van der Waals surface area contributed by atoms with E-state index in [1.165, 1.54) is 6.92 Å². The summed E-state index contributed by atoms with van der Waals surface area (Å²) in [5, 5.41) is -0.256. The summed E-state index contributed by atoms with van der Waals surface area (Å²) in [5.74, 6) is -0.759. The fourth-order valence-electron chi connectivity index (χ4n) is 0.779. The molecule has 0 aliphatic carbocycles. The van der Waals surface area contributed by atoms with Gasteiger partial charge in [-0.3, -0.25) is 0 Å². The molecule has 0 saturated carbocycles. The third kappa shape index (κ3) is 1.69. The van der Waals surface area contributed by atoms with Crippen molar-refractivity contribution in [3.8, 4) is 0 Å². The summed E-state index contributed by atoms with van der Waals surface area (Å²) in [6.07, 6.45) is -2.79. The van der Waals surface area contributed by atoms with Gasteiger partial charge in [0.25, 0.3) is 6.43 Å². The zero-order chi connectivity index (χ0) is 9.30. The molecule has 0 atom stereocenters. The predicted octanol–water partition coefficient (Wildman–Crippen LogP) is 3.12. The second-order valence-electron chi connectivity index (χ2n) is 2.24. The Morgan fingerprint density at radius 3 is 2.58 bits per heavy atom. The van der Waals surface area contributed by atoms with E-state index in [0.717, 1.165) is 6.07 Å². The summed E-state index contributed by atoms with van der Waals surface area (Å²) in [7, 11) is 0. The Hall–Kier alpha value is -0.770. The summed E-state index contributed by atoms with van der Waals surface area (Å²) in [4.78, 5) is 3.31. The summed E-state index contributed by atoms with van der Waals surface area (Å²) < 4.78 is 36.9. The molecule has 0 fully saturated rings. The first kappa shape index (κ1) is 9.32. The van der Waals surface area contributed by atoms with Crippen molar-refractivity contribution in [1.29, 1.82) is 0 Å². The van der Waals surface area contributed by atoms with E-state index in [9.17, 15) is 13.2 Å². The van der Waals surface area contributed by atoms with Gasteiger partial charge in [0.2, 0.25) is 0 Å². The minimum atomic E-state index is -2.79. The molecule has 0 N–H and O–H groups in total. The molecular formula is C7H5ClF3N. The first-order valence-corrected chi connectivity index (χ1v) is 3.51. The first-order valence-electron chi connectivity index (χ1n) is 3.13. The zero-order valence-electron chi connectivity index (χ0n) is 6.11. The van der Waals surface area contributed by atoms with E-state index in [-0.39, 0.29) is 10.7 Å². The molecule has 1 nitrogen and oxygen atoms in total. The van der Waals surface area contributed by atoms with Crippen molar-refractivity contribution in [2.24, 2.45) is 0 Å². The highest BCUT2D eigenvalue weighted by Gasteiger charge is 2.16. The van der Waals surface area contributed by atoms with Crippen LogP contribution < -0.4 is 0 Å². The van der Waals surface area contributed by atoms with Crippen molar-refractivity contribution in [2.45, 2.75) is 13.3 Å². The molecule has 0 saturated heterocycles. The summed E-state index contributed by atoms with van der Waals surface area (Å²) >= 11 is 5.28. The number of halogens is 4. The molecule has 0 aromatic carbocycles. The second-order valence-corrected chi connectivity index (χ2v) is 2.62. The molecule has 5 heteroatoms. The van der Waals surface area contributed by atoms with Crippen LogP contribution in [0, 0.1) is 12.7 Å². The van der Waals surface area contributed by atoms with Crippen LogP contribution in [0.25, 0.3) is 0 Å². The molecule has 0 amide bonds. The lowest BCUT2D eigenvalue weighted by Gasteiger charge is -2.04. The van der Waals surface area contributed by atoms with E-state index in [0.29, 0.717) is 0 Å². The van der Waals surface area contributed by atoms with Gasteiger partial charge in [-0.2, -0.15) is 0 Å². The van der Waals surface area contributed by atoms with Crippen LogP contribution in [0.15, 0.2) is 6.07 Å². The van der Waals surface area contributed by atoms with Crippen LogP contribution in [0.4, 0.5) is 13.2 Å². The van der Waals surface area contributed by atoms with Gasteiger partial charge in [-0.15, -0.1) is 0 Å². The minimum Gasteiger partial charge on any atom is -0.235 e. The summed E-state index contributed by atoms with van der Waals surface area (Å²) in [5.41, 5.74) is -0.755. The van der Waals surface area contributed by atoms with Gasteiger partial charge in [0, 0.05) is 11.6 Å². The fourth-order valence-corrected chi connectivity index (χ4v) is 0.966. The largest absolute Gasteiger partial charge is 0.280 e. The fraction of sp³-hybridized carbons (Fsp3) is 0.286. The van der Waals surface area contributed by atoms with E-state index in [4.69, 9.17) is 11.6 Å². The number of hydrogen-bond acceptors (Lipinski definition) is 1. The van der Waals surface area contributed by atoms with E-state index in [1.54, 1.807) is 0 Å². The van der Waals surface area contributed by atoms with Crippen molar-refractivity contribution in [3.05, 3.63) is 28.3 Å². The van der Waals surface area contributed by atoms with Crippen molar-refractivity contribution in [3.63, 3.8) is 0 Å². The van der Waals surface area contributed by atoms with Crippen LogP contribution in [0.3, 0.4) is 0 Å². The number of rotatable bonds is 1. The van der Waals surface area contributed by atoms with Gasteiger partial charge in [0.05, 0.1) is 0 Å². The lowest BCUT2D eigenvalue weighted by Crippen LogP contribution is -1.97. The number of hydrogen-bond donors (Lipinski definition) is 0. The Balaban J connectivity index is 3.28. The monoisotopic (exact) mass is 195 g/mol. The molecule has 0 aliphatic heterocycles. The molecule has 0 bridgehead atoms. The van der Waals surface area contributed by atoms with Gasteiger partial charge >= 0.3 is 0 Å². The van der Waals surface area contributed by atoms with Crippen molar-refractivity contribution >= 4 is 11.6 Å². The van der Waals surface area contributed by atoms with Crippen LogP contribution in [0.5, 0.6) is 0 Å². The standard InChI is InChI=1S/C7H5ClF3N/c1-3-4(9)2-5(8)12-6(3)7(10)11/h2,7H,1H3. The zero-order valence-corrected chi connectivity index (χ0v) is 6.87. The smallest absolute Gasteiger partial charge is 0.235 e. The second kappa shape index (κ2) is 3.31.